The average molecular weight is 333 g/mol. The van der Waals surface area contributed by atoms with E-state index in [0.717, 1.165) is 12.1 Å². The van der Waals surface area contributed by atoms with Gasteiger partial charge in [0.25, 0.3) is 0 Å². The van der Waals surface area contributed by atoms with Crippen molar-refractivity contribution < 1.29 is 13.2 Å². The van der Waals surface area contributed by atoms with Crippen LogP contribution in [0.3, 0.4) is 0 Å². The van der Waals surface area contributed by atoms with Gasteiger partial charge >= 0.3 is 0 Å². The lowest BCUT2D eigenvalue weighted by Gasteiger charge is -2.32. The van der Waals surface area contributed by atoms with Gasteiger partial charge in [0.05, 0.1) is 18.1 Å². The maximum Gasteiger partial charge on any atom is 0.243 e. The zero-order valence-corrected chi connectivity index (χ0v) is 13.9. The lowest BCUT2D eigenvalue weighted by atomic mass is 10.2. The normalized spacial score (nSPS) is 20.6. The molecule has 0 radical (unpaired) electrons. The molecule has 0 spiro atoms. The minimum atomic E-state index is -3.51. The van der Waals surface area contributed by atoms with Crippen LogP contribution in [0.1, 0.15) is 19.4 Å². The third-order valence-electron chi connectivity index (χ3n) is 3.50. The standard InChI is InChI=1S/C14H21ClN2O3S/c1-3-16-9-12-8-13(4-5-14(12)15)21(18,19)17-6-7-20-10-11(17)2/h4-5,8,11,16H,3,6-7,9-10H2,1-2H3. The van der Waals surface area contributed by atoms with Gasteiger partial charge < -0.3 is 10.1 Å². The Hall–Kier alpha value is -0.660. The predicted octanol–water partition coefficient (Wildman–Crippen LogP) is 1.86. The van der Waals surface area contributed by atoms with Crippen molar-refractivity contribution in [1.82, 2.24) is 9.62 Å². The van der Waals surface area contributed by atoms with Crippen LogP contribution in [0.15, 0.2) is 23.1 Å². The van der Waals surface area contributed by atoms with Crippen LogP contribution >= 0.6 is 11.6 Å². The van der Waals surface area contributed by atoms with Crippen molar-refractivity contribution in [3.63, 3.8) is 0 Å². The van der Waals surface area contributed by atoms with E-state index in [1.807, 2.05) is 13.8 Å². The van der Waals surface area contributed by atoms with Gasteiger partial charge in [-0.2, -0.15) is 4.31 Å². The Morgan fingerprint density at radius 1 is 1.48 bits per heavy atom. The summed E-state index contributed by atoms with van der Waals surface area (Å²) in [5, 5.41) is 3.73. The largest absolute Gasteiger partial charge is 0.378 e. The monoisotopic (exact) mass is 332 g/mol. The first-order valence-electron chi connectivity index (χ1n) is 7.05. The number of benzene rings is 1. The number of morpholine rings is 1. The fraction of sp³-hybridized carbons (Fsp3) is 0.571. The van der Waals surface area contributed by atoms with Crippen LogP contribution in [0.5, 0.6) is 0 Å². The van der Waals surface area contributed by atoms with Crippen LogP contribution in [0.4, 0.5) is 0 Å². The van der Waals surface area contributed by atoms with Crippen molar-refractivity contribution in [1.29, 1.82) is 0 Å². The Labute approximate surface area is 131 Å². The van der Waals surface area contributed by atoms with Crippen molar-refractivity contribution in [2.75, 3.05) is 26.3 Å². The average Bonchev–Trinajstić information content (AvgIpc) is 2.46. The Kier molecular flexibility index (Phi) is 5.62. The van der Waals surface area contributed by atoms with Gasteiger partial charge in [0.15, 0.2) is 0 Å². The first-order chi connectivity index (χ1) is 9.96. The van der Waals surface area contributed by atoms with Crippen molar-refractivity contribution in [3.05, 3.63) is 28.8 Å². The summed E-state index contributed by atoms with van der Waals surface area (Å²) in [6, 6.07) is 4.71. The van der Waals surface area contributed by atoms with Crippen molar-refractivity contribution in [2.24, 2.45) is 0 Å². The first kappa shape index (κ1) is 16.7. The molecule has 1 aliphatic rings. The van der Waals surface area contributed by atoms with Crippen LogP contribution in [0, 0.1) is 0 Å². The molecule has 1 N–H and O–H groups in total. The summed E-state index contributed by atoms with van der Waals surface area (Å²) in [5.41, 5.74) is 0.792. The number of ether oxygens (including phenoxy) is 1. The van der Waals surface area contributed by atoms with Crippen LogP contribution in [0.2, 0.25) is 5.02 Å². The first-order valence-corrected chi connectivity index (χ1v) is 8.87. The number of halogens is 1. The molecule has 1 aromatic carbocycles. The van der Waals surface area contributed by atoms with Crippen LogP contribution in [-0.2, 0) is 21.3 Å². The molecule has 21 heavy (non-hydrogen) atoms. The Morgan fingerprint density at radius 2 is 2.24 bits per heavy atom. The molecule has 1 fully saturated rings. The zero-order chi connectivity index (χ0) is 15.5. The molecule has 1 aliphatic heterocycles. The molecule has 0 aromatic heterocycles. The quantitative estimate of drug-likeness (QED) is 0.894. The summed E-state index contributed by atoms with van der Waals surface area (Å²) in [6.07, 6.45) is 0. The number of nitrogens with one attached hydrogen (secondary N) is 1. The van der Waals surface area contributed by atoms with E-state index in [9.17, 15) is 8.42 Å². The highest BCUT2D eigenvalue weighted by atomic mass is 35.5. The van der Waals surface area contributed by atoms with E-state index in [4.69, 9.17) is 16.3 Å². The summed E-state index contributed by atoms with van der Waals surface area (Å²) in [4.78, 5) is 0.286. The van der Waals surface area contributed by atoms with Gasteiger partial charge in [-0.1, -0.05) is 18.5 Å². The number of hydrogen-bond acceptors (Lipinski definition) is 4. The summed E-state index contributed by atoms with van der Waals surface area (Å²) < 4.78 is 32.3. The van der Waals surface area contributed by atoms with Crippen molar-refractivity contribution in [2.45, 2.75) is 31.3 Å². The molecule has 1 saturated heterocycles. The lowest BCUT2D eigenvalue weighted by molar-refractivity contribution is 0.0393. The number of hydrogen-bond donors (Lipinski definition) is 1. The molecule has 0 saturated carbocycles. The van der Waals surface area contributed by atoms with Gasteiger partial charge in [-0.05, 0) is 37.2 Å². The molecule has 1 heterocycles. The SMILES string of the molecule is CCNCc1cc(S(=O)(=O)N2CCOCC2C)ccc1Cl. The van der Waals surface area contributed by atoms with Crippen LogP contribution in [0.25, 0.3) is 0 Å². The second-order valence-electron chi connectivity index (χ2n) is 5.07. The van der Waals surface area contributed by atoms with E-state index in [2.05, 4.69) is 5.32 Å². The molecular weight excluding hydrogens is 312 g/mol. The molecule has 1 atom stereocenters. The number of nitrogens with zero attached hydrogens (tertiary/aromatic N) is 1. The smallest absolute Gasteiger partial charge is 0.243 e. The Balaban J connectivity index is 2.31. The van der Waals surface area contributed by atoms with Crippen molar-refractivity contribution in [3.8, 4) is 0 Å². The molecule has 7 heteroatoms. The molecule has 0 bridgehead atoms. The van der Waals surface area contributed by atoms with E-state index in [1.54, 1.807) is 18.2 Å². The van der Waals surface area contributed by atoms with Crippen LogP contribution < -0.4 is 5.32 Å². The van der Waals surface area contributed by atoms with E-state index >= 15 is 0 Å². The minimum absolute atomic E-state index is 0.156. The second kappa shape index (κ2) is 7.07. The van der Waals surface area contributed by atoms with Gasteiger partial charge in [0.1, 0.15) is 0 Å². The van der Waals surface area contributed by atoms with E-state index in [-0.39, 0.29) is 10.9 Å². The van der Waals surface area contributed by atoms with E-state index < -0.39 is 10.0 Å². The molecule has 0 aliphatic carbocycles. The number of sulfonamides is 1. The highest BCUT2D eigenvalue weighted by molar-refractivity contribution is 7.89. The highest BCUT2D eigenvalue weighted by Gasteiger charge is 2.31. The predicted molar refractivity (Wildman–Crippen MR) is 83.0 cm³/mol. The fourth-order valence-corrected chi connectivity index (χ4v) is 4.15. The van der Waals surface area contributed by atoms with Gasteiger partial charge in [0, 0.05) is 24.2 Å². The molecule has 5 nitrogen and oxygen atoms in total. The fourth-order valence-electron chi connectivity index (χ4n) is 2.31. The third-order valence-corrected chi connectivity index (χ3v) is 5.87. The van der Waals surface area contributed by atoms with Gasteiger partial charge in [0.2, 0.25) is 10.0 Å². The maximum atomic E-state index is 12.7. The molecule has 1 aromatic rings. The summed E-state index contributed by atoms with van der Waals surface area (Å²) in [6.45, 7) is 6.44. The van der Waals surface area contributed by atoms with E-state index in [1.165, 1.54) is 4.31 Å². The second-order valence-corrected chi connectivity index (χ2v) is 7.37. The minimum Gasteiger partial charge on any atom is -0.378 e. The van der Waals surface area contributed by atoms with E-state index in [0.29, 0.717) is 31.3 Å². The highest BCUT2D eigenvalue weighted by Crippen LogP contribution is 2.25. The Bertz CT molecular complexity index is 592. The summed E-state index contributed by atoms with van der Waals surface area (Å²) in [7, 11) is -3.51. The molecular formula is C14H21ClN2O3S. The van der Waals surface area contributed by atoms with Gasteiger partial charge in [-0.15, -0.1) is 0 Å². The summed E-state index contributed by atoms with van der Waals surface area (Å²) >= 11 is 6.13. The molecule has 2 rings (SSSR count). The topological polar surface area (TPSA) is 58.6 Å². The maximum absolute atomic E-state index is 12.7. The Morgan fingerprint density at radius 3 is 2.90 bits per heavy atom. The molecule has 118 valence electrons. The van der Waals surface area contributed by atoms with Crippen molar-refractivity contribution >= 4 is 21.6 Å². The zero-order valence-electron chi connectivity index (χ0n) is 12.3. The lowest BCUT2D eigenvalue weighted by Crippen LogP contribution is -2.46. The number of rotatable bonds is 5. The molecule has 0 amide bonds. The van der Waals surface area contributed by atoms with Gasteiger partial charge in [-0.3, -0.25) is 0 Å². The summed E-state index contributed by atoms with van der Waals surface area (Å²) in [5.74, 6) is 0. The van der Waals surface area contributed by atoms with Crippen LogP contribution in [-0.4, -0.2) is 45.1 Å². The third kappa shape index (κ3) is 3.76. The molecule has 1 unspecified atom stereocenters. The van der Waals surface area contributed by atoms with Gasteiger partial charge in [-0.25, -0.2) is 8.42 Å².